The fourth-order valence-electron chi connectivity index (χ4n) is 9.69. The van der Waals surface area contributed by atoms with E-state index in [1.807, 2.05) is 24.3 Å². The Morgan fingerprint density at radius 2 is 1.05 bits per heavy atom. The quantitative estimate of drug-likeness (QED) is 0.114. The molecule has 2 aromatic heterocycles. The SMILES string of the molecule is CC(C)(C)OC(=O)NCc1ccc(NC(=O)N2c3nc(-c4cccc(C(F)(F)F)c4)ccc3N3CCC[C@H]2C3)cc1.Cl.NCc1ccc(NC(=O)N2c3nc(-c4cccc(C(F)(F)F)c4)ccc3N3CCC[C@H]2C3)cc1. The molecule has 2 saturated heterocycles. The molecular weight excluding hydrogens is 1010 g/mol. The zero-order valence-corrected chi connectivity index (χ0v) is 42.7. The number of hydrogen-bond acceptors (Lipinski definition) is 9. The standard InChI is InChI=1S/C30H32F3N5O3.C25H24F3N5O.ClH/c1-29(2,3)41-28(40)34-17-19-9-11-22(12-10-19)35-27(39)38-23-8-5-15-37(18-23)25-14-13-24(36-26(25)38)20-6-4-7-21(16-20)30(31,32)33;26-25(27,28)18-4-1-3-17(13-18)21-10-11-22-23(31-21)33(20-5-2-12-32(22)15-20)24(34)30-19-8-6-16(14-29)7-9-19;/h4,6-7,9-14,16,23H,5,8,15,17-18H2,1-3H3,(H,34,40)(H,35,39);1,3-4,6-11,13,20H,2,5,12,14-15,29H2,(H,30,34);1H/t23-;20-;/m00./s1. The normalized spacial score (nSPS) is 16.7. The number of ether oxygens (including phenoxy) is 1. The van der Waals surface area contributed by atoms with Crippen molar-refractivity contribution in [2.45, 2.75) is 89.6 Å². The maximum absolute atomic E-state index is 13.6. The average Bonchev–Trinajstić information content (AvgIpc) is 3.40. The number of alkyl carbamates (subject to hydrolysis) is 1. The third kappa shape index (κ3) is 12.6. The van der Waals surface area contributed by atoms with Crippen LogP contribution in [0.5, 0.6) is 0 Å². The third-order valence-electron chi connectivity index (χ3n) is 13.3. The van der Waals surface area contributed by atoms with Gasteiger partial charge in [-0.05, 0) is 130 Å². The summed E-state index contributed by atoms with van der Waals surface area (Å²) in [4.78, 5) is 56.0. The summed E-state index contributed by atoms with van der Waals surface area (Å²) in [6, 6.07) is 30.7. The number of benzene rings is 4. The minimum atomic E-state index is -4.47. The first-order valence-electron chi connectivity index (χ1n) is 24.6. The van der Waals surface area contributed by atoms with E-state index in [0.29, 0.717) is 65.2 Å². The highest BCUT2D eigenvalue weighted by molar-refractivity contribution is 6.05. The molecule has 21 heteroatoms. The second-order valence-electron chi connectivity index (χ2n) is 19.8. The predicted octanol–water partition coefficient (Wildman–Crippen LogP) is 12.5. The molecule has 2 fully saturated rings. The van der Waals surface area contributed by atoms with Gasteiger partial charge in [0.1, 0.15) is 5.60 Å². The van der Waals surface area contributed by atoms with E-state index in [2.05, 4.69) is 25.8 Å². The Kier molecular flexibility index (Phi) is 16.1. The number of halogens is 7. The molecule has 5 N–H and O–H groups in total. The summed E-state index contributed by atoms with van der Waals surface area (Å²) >= 11 is 0. The van der Waals surface area contributed by atoms with Crippen LogP contribution in [0, 0.1) is 0 Å². The molecule has 14 nitrogen and oxygen atoms in total. The highest BCUT2D eigenvalue weighted by atomic mass is 35.5. The fraction of sp³-hybridized carbons (Fsp3) is 0.327. The van der Waals surface area contributed by atoms with Crippen LogP contribution in [-0.2, 0) is 30.2 Å². The number of hydrogen-bond donors (Lipinski definition) is 4. The van der Waals surface area contributed by atoms with Crippen molar-refractivity contribution in [3.8, 4) is 22.5 Å². The minimum Gasteiger partial charge on any atom is -0.444 e. The van der Waals surface area contributed by atoms with Crippen molar-refractivity contribution in [2.24, 2.45) is 5.73 Å². The topological polar surface area (TPSA) is 161 Å². The van der Waals surface area contributed by atoms with Gasteiger partial charge in [0.25, 0.3) is 0 Å². The summed E-state index contributed by atoms with van der Waals surface area (Å²) in [7, 11) is 0. The molecule has 2 atom stereocenters. The number of aromatic nitrogens is 2. The maximum Gasteiger partial charge on any atom is 0.416 e. The van der Waals surface area contributed by atoms with Gasteiger partial charge in [0.05, 0.1) is 46.0 Å². The maximum atomic E-state index is 13.6. The Labute approximate surface area is 442 Å². The Bertz CT molecular complexity index is 3060. The van der Waals surface area contributed by atoms with Crippen LogP contribution in [-0.4, -0.2) is 72.0 Å². The lowest BCUT2D eigenvalue weighted by Gasteiger charge is -2.45. The van der Waals surface area contributed by atoms with E-state index >= 15 is 0 Å². The van der Waals surface area contributed by atoms with Crippen LogP contribution < -0.4 is 41.3 Å². The van der Waals surface area contributed by atoms with Crippen LogP contribution in [0.25, 0.3) is 22.5 Å². The van der Waals surface area contributed by atoms with Gasteiger partial charge in [0, 0.05) is 61.8 Å². The molecule has 10 rings (SSSR count). The summed E-state index contributed by atoms with van der Waals surface area (Å²) in [6.07, 6.45) is -5.98. The number of anilines is 6. The molecule has 0 unspecified atom stereocenters. The molecule has 6 aromatic rings. The van der Waals surface area contributed by atoms with Gasteiger partial charge in [-0.1, -0.05) is 48.5 Å². The van der Waals surface area contributed by atoms with Crippen LogP contribution in [0.2, 0.25) is 0 Å². The number of nitrogens with one attached hydrogen (secondary N) is 3. The van der Waals surface area contributed by atoms with Crippen LogP contribution in [0.1, 0.15) is 68.7 Å². The predicted molar refractivity (Wildman–Crippen MR) is 284 cm³/mol. The van der Waals surface area contributed by atoms with Gasteiger partial charge >= 0.3 is 30.5 Å². The number of nitrogens with zero attached hydrogens (tertiary/aromatic N) is 6. The van der Waals surface area contributed by atoms with Crippen molar-refractivity contribution in [1.29, 1.82) is 0 Å². The van der Waals surface area contributed by atoms with Crippen molar-refractivity contribution in [3.05, 3.63) is 144 Å². The number of alkyl halides is 6. The van der Waals surface area contributed by atoms with Gasteiger partial charge in [-0.15, -0.1) is 12.4 Å². The van der Waals surface area contributed by atoms with Crippen molar-refractivity contribution in [3.63, 3.8) is 0 Å². The monoisotopic (exact) mass is 1070 g/mol. The number of nitrogens with two attached hydrogens (primary N) is 1. The molecule has 4 aliphatic heterocycles. The molecular formula is C55H57ClF6N10O4. The number of pyridine rings is 2. The van der Waals surface area contributed by atoms with Gasteiger partial charge in [-0.2, -0.15) is 26.3 Å². The van der Waals surface area contributed by atoms with E-state index in [9.17, 15) is 40.7 Å². The minimum absolute atomic E-state index is 0. The Morgan fingerprint density at radius 1 is 0.618 bits per heavy atom. The van der Waals surface area contributed by atoms with Gasteiger partial charge < -0.3 is 36.2 Å². The molecule has 0 saturated carbocycles. The van der Waals surface area contributed by atoms with Crippen LogP contribution in [0.3, 0.4) is 0 Å². The first kappa shape index (κ1) is 54.7. The van der Waals surface area contributed by atoms with Crippen molar-refractivity contribution in [1.82, 2.24) is 15.3 Å². The molecule has 0 radical (unpaired) electrons. The van der Waals surface area contributed by atoms with Gasteiger partial charge in [-0.3, -0.25) is 9.80 Å². The van der Waals surface area contributed by atoms with Crippen molar-refractivity contribution < 1.29 is 45.5 Å². The Hall–Kier alpha value is -7.58. The number of amides is 5. The van der Waals surface area contributed by atoms with Crippen LogP contribution in [0.15, 0.2) is 121 Å². The largest absolute Gasteiger partial charge is 0.444 e. The summed E-state index contributed by atoms with van der Waals surface area (Å²) in [5, 5.41) is 8.57. The van der Waals surface area contributed by atoms with Crippen LogP contribution >= 0.6 is 12.4 Å². The second-order valence-corrected chi connectivity index (χ2v) is 19.8. The molecule has 4 bridgehead atoms. The van der Waals surface area contributed by atoms with E-state index in [1.165, 1.54) is 12.1 Å². The Balaban J connectivity index is 0.000000202. The lowest BCUT2D eigenvalue weighted by Crippen LogP contribution is -2.56. The average molecular weight is 1070 g/mol. The van der Waals surface area contributed by atoms with Gasteiger partial charge in [-0.25, -0.2) is 24.4 Å². The summed E-state index contributed by atoms with van der Waals surface area (Å²) in [5.41, 5.74) is 9.54. The van der Waals surface area contributed by atoms with Crippen molar-refractivity contribution >= 4 is 64.9 Å². The first-order valence-corrected chi connectivity index (χ1v) is 24.6. The molecule has 400 valence electrons. The highest BCUT2D eigenvalue weighted by Crippen LogP contribution is 2.42. The van der Waals surface area contributed by atoms with Gasteiger partial charge in [0.15, 0.2) is 11.6 Å². The zero-order valence-electron chi connectivity index (χ0n) is 41.8. The van der Waals surface area contributed by atoms with E-state index in [1.54, 1.807) is 91.2 Å². The third-order valence-corrected chi connectivity index (χ3v) is 13.3. The number of fused-ring (bicyclic) bond motifs is 8. The Morgan fingerprint density at radius 3 is 1.46 bits per heavy atom. The fourth-order valence-corrected chi connectivity index (χ4v) is 9.69. The second kappa shape index (κ2) is 22.3. The lowest BCUT2D eigenvalue weighted by molar-refractivity contribution is -0.138. The van der Waals surface area contributed by atoms with Gasteiger partial charge in [0.2, 0.25) is 0 Å². The van der Waals surface area contributed by atoms with E-state index in [4.69, 9.17) is 20.4 Å². The number of rotatable bonds is 7. The summed E-state index contributed by atoms with van der Waals surface area (Å²) in [5.74, 6) is 0.883. The van der Waals surface area contributed by atoms with Crippen molar-refractivity contribution in [2.75, 3.05) is 56.4 Å². The van der Waals surface area contributed by atoms with E-state index in [-0.39, 0.29) is 43.1 Å². The molecule has 0 aliphatic carbocycles. The summed E-state index contributed by atoms with van der Waals surface area (Å²) < 4.78 is 85.0. The molecule has 4 aliphatic rings. The molecule has 76 heavy (non-hydrogen) atoms. The smallest absolute Gasteiger partial charge is 0.416 e. The summed E-state index contributed by atoms with van der Waals surface area (Å²) in [6.45, 7) is 9.06. The van der Waals surface area contributed by atoms with E-state index < -0.39 is 35.2 Å². The highest BCUT2D eigenvalue weighted by Gasteiger charge is 2.41. The number of piperidine rings is 2. The number of urea groups is 2. The molecule has 4 aromatic carbocycles. The van der Waals surface area contributed by atoms with E-state index in [0.717, 1.165) is 85.5 Å². The molecule has 0 spiro atoms. The number of carbonyl (C=O) groups is 3. The molecule has 6 heterocycles. The molecule has 5 amide bonds. The first-order chi connectivity index (χ1) is 35.7. The van der Waals surface area contributed by atoms with Crippen LogP contribution in [0.4, 0.5) is 75.1 Å². The number of carbonyl (C=O) groups excluding carboxylic acids is 3. The zero-order chi connectivity index (χ0) is 53.2. The lowest BCUT2D eigenvalue weighted by atomic mass is 9.99.